The molecule has 25 valence electrons. The van der Waals surface area contributed by atoms with Crippen LogP contribution in [0.2, 0.25) is 0 Å². The minimum atomic E-state index is 0.806. The molecule has 0 N–H and O–H groups in total. The summed E-state index contributed by atoms with van der Waals surface area (Å²) in [6.45, 7) is 1.81. The predicted molar refractivity (Wildman–Crippen MR) is 26.9 cm³/mol. The van der Waals surface area contributed by atoms with Crippen LogP contribution < -0.4 is 0 Å². The van der Waals surface area contributed by atoms with Crippen molar-refractivity contribution in [3.05, 3.63) is 4.58 Å². The molecule has 0 amide bonds. The summed E-state index contributed by atoms with van der Waals surface area (Å²) >= 11 is 7.49. The van der Waals surface area contributed by atoms with Crippen LogP contribution in [0.1, 0.15) is 6.92 Å². The summed E-state index contributed by atoms with van der Waals surface area (Å²) in [7, 11) is 0. The van der Waals surface area contributed by atoms with Gasteiger partial charge >= 0.3 is 0 Å². The van der Waals surface area contributed by atoms with Crippen molar-refractivity contribution in [2.45, 2.75) is 6.92 Å². The van der Waals surface area contributed by atoms with Gasteiger partial charge in [0.2, 0.25) is 0 Å². The molecule has 0 aliphatic heterocycles. The number of thiol groups is 2. The van der Waals surface area contributed by atoms with Gasteiger partial charge in [-0.15, -0.1) is 0 Å². The Bertz CT molecular complexity index is 8.75. The Hall–Kier alpha value is 0.700. The Morgan fingerprint density at radius 1 is 1.50 bits per heavy atom. The average molecular weight is 93.2 g/mol. The van der Waals surface area contributed by atoms with E-state index in [1.54, 1.807) is 0 Å². The number of rotatable bonds is 0. The summed E-state index contributed by atoms with van der Waals surface area (Å²) in [5.41, 5.74) is 0. The van der Waals surface area contributed by atoms with Crippen molar-refractivity contribution < 1.29 is 0 Å². The van der Waals surface area contributed by atoms with E-state index in [1.807, 2.05) is 6.92 Å². The monoisotopic (exact) mass is 93.0 g/mol. The van der Waals surface area contributed by atoms with E-state index >= 15 is 0 Å². The van der Waals surface area contributed by atoms with Crippen molar-refractivity contribution in [2.24, 2.45) is 0 Å². The molecular weight excluding hydrogens is 88.2 g/mol. The fourth-order valence-corrected chi connectivity index (χ4v) is 0. The molecule has 0 saturated carbocycles. The van der Waals surface area contributed by atoms with Crippen molar-refractivity contribution in [1.29, 1.82) is 0 Å². The highest BCUT2D eigenvalue weighted by molar-refractivity contribution is 8.03. The molecule has 0 rings (SSSR count). The van der Waals surface area contributed by atoms with Crippen LogP contribution in [0.5, 0.6) is 0 Å². The van der Waals surface area contributed by atoms with E-state index < -0.39 is 0 Å². The molecule has 0 aromatic rings. The van der Waals surface area contributed by atoms with E-state index in [0.29, 0.717) is 0 Å². The minimum Gasteiger partial charge on any atom is -0.160 e. The maximum Gasteiger partial charge on any atom is 0.0753 e. The maximum atomic E-state index is 3.75. The molecule has 0 aliphatic rings. The van der Waals surface area contributed by atoms with Crippen molar-refractivity contribution >= 4 is 25.3 Å². The summed E-state index contributed by atoms with van der Waals surface area (Å²) < 4.78 is 0.806. The van der Waals surface area contributed by atoms with Gasteiger partial charge < -0.3 is 0 Å². The third kappa shape index (κ3) is 15.9. The summed E-state index contributed by atoms with van der Waals surface area (Å²) in [6, 6.07) is 0. The van der Waals surface area contributed by atoms with Crippen molar-refractivity contribution in [2.75, 3.05) is 0 Å². The fourth-order valence-electron chi connectivity index (χ4n) is 0. The number of hydrogen-bond acceptors (Lipinski definition) is 2. The van der Waals surface area contributed by atoms with E-state index in [4.69, 9.17) is 0 Å². The largest absolute Gasteiger partial charge is 0.160 e. The first-order chi connectivity index (χ1) is 1.73. The molecule has 0 fully saturated rings. The van der Waals surface area contributed by atoms with Gasteiger partial charge in [-0.2, -0.15) is 25.3 Å². The molecule has 0 nitrogen and oxygen atoms in total. The zero-order valence-electron chi connectivity index (χ0n) is 2.39. The van der Waals surface area contributed by atoms with Crippen LogP contribution in [-0.2, 0) is 0 Å². The van der Waals surface area contributed by atoms with Gasteiger partial charge in [0, 0.05) is 0 Å². The molecule has 0 heterocycles. The minimum absolute atomic E-state index is 0.806. The van der Waals surface area contributed by atoms with Crippen LogP contribution in [0.3, 0.4) is 0 Å². The molecule has 1 radical (unpaired) electrons. The Labute approximate surface area is 37.4 Å². The fraction of sp³-hybridized carbons (Fsp3) is 0.500. The molecule has 0 aliphatic carbocycles. The summed E-state index contributed by atoms with van der Waals surface area (Å²) in [6.07, 6.45) is 0. The Balaban J connectivity index is 2.32. The van der Waals surface area contributed by atoms with Crippen LogP contribution in [0.15, 0.2) is 0 Å². The summed E-state index contributed by atoms with van der Waals surface area (Å²) in [5.74, 6) is 0. The topological polar surface area (TPSA) is 0 Å². The molecule has 0 aromatic carbocycles. The van der Waals surface area contributed by atoms with Gasteiger partial charge in [-0.1, -0.05) is 0 Å². The Morgan fingerprint density at radius 2 is 1.50 bits per heavy atom. The van der Waals surface area contributed by atoms with Crippen LogP contribution in [0.25, 0.3) is 0 Å². The Morgan fingerprint density at radius 3 is 1.50 bits per heavy atom. The van der Waals surface area contributed by atoms with Gasteiger partial charge in [0.25, 0.3) is 0 Å². The van der Waals surface area contributed by atoms with Gasteiger partial charge in [0.15, 0.2) is 0 Å². The average Bonchev–Trinajstić information content (AvgIpc) is 0.811. The van der Waals surface area contributed by atoms with Gasteiger partial charge in [0.05, 0.1) is 4.58 Å². The quantitative estimate of drug-likeness (QED) is 0.415. The predicted octanol–water partition coefficient (Wildman–Crippen LogP) is 1.36. The second-order valence-electron chi connectivity index (χ2n) is 0.547. The molecule has 0 saturated heterocycles. The Kier molecular flexibility index (Phi) is 2.32. The van der Waals surface area contributed by atoms with E-state index in [2.05, 4.69) is 25.3 Å². The highest BCUT2D eigenvalue weighted by Crippen LogP contribution is 2.04. The molecule has 0 aromatic heterocycles. The SMILES string of the molecule is C[C](S)S. The van der Waals surface area contributed by atoms with E-state index in [-0.39, 0.29) is 0 Å². The van der Waals surface area contributed by atoms with Gasteiger partial charge in [-0.05, 0) is 6.92 Å². The molecule has 0 unspecified atom stereocenters. The lowest BCUT2D eigenvalue weighted by atomic mass is 11.0. The van der Waals surface area contributed by atoms with Gasteiger partial charge in [-0.25, -0.2) is 0 Å². The maximum absolute atomic E-state index is 3.75. The number of hydrogen-bond donors (Lipinski definition) is 2. The van der Waals surface area contributed by atoms with Crippen LogP contribution in [0, 0.1) is 4.58 Å². The van der Waals surface area contributed by atoms with Crippen molar-refractivity contribution in [3.63, 3.8) is 0 Å². The zero-order chi connectivity index (χ0) is 3.58. The van der Waals surface area contributed by atoms with Gasteiger partial charge in [0.1, 0.15) is 0 Å². The summed E-state index contributed by atoms with van der Waals surface area (Å²) in [4.78, 5) is 0. The first-order valence-electron chi connectivity index (χ1n) is 0.947. The lowest BCUT2D eigenvalue weighted by molar-refractivity contribution is 1.68. The van der Waals surface area contributed by atoms with Gasteiger partial charge in [-0.3, -0.25) is 0 Å². The molecule has 0 bridgehead atoms. The highest BCUT2D eigenvalue weighted by Gasteiger charge is 1.71. The summed E-state index contributed by atoms with van der Waals surface area (Å²) in [5, 5.41) is 0. The van der Waals surface area contributed by atoms with Crippen LogP contribution >= 0.6 is 25.3 Å². The molecule has 0 spiro atoms. The standard InChI is InChI=1S/C2H5S2/c1-2(3)4/h3-4H,1H3. The van der Waals surface area contributed by atoms with Crippen molar-refractivity contribution in [3.8, 4) is 0 Å². The molecule has 2 heteroatoms. The molecular formula is C2H5S2. The first-order valence-corrected chi connectivity index (χ1v) is 1.84. The third-order valence-electron chi connectivity index (χ3n) is 0. The molecule has 4 heavy (non-hydrogen) atoms. The smallest absolute Gasteiger partial charge is 0.0753 e. The second kappa shape index (κ2) is 1.97. The van der Waals surface area contributed by atoms with Crippen LogP contribution in [-0.4, -0.2) is 0 Å². The van der Waals surface area contributed by atoms with E-state index in [9.17, 15) is 0 Å². The lowest BCUT2D eigenvalue weighted by Gasteiger charge is -1.76. The third-order valence-corrected chi connectivity index (χ3v) is 0. The zero-order valence-corrected chi connectivity index (χ0v) is 4.18. The van der Waals surface area contributed by atoms with Crippen LogP contribution in [0.4, 0.5) is 0 Å². The van der Waals surface area contributed by atoms with E-state index in [0.717, 1.165) is 4.58 Å². The molecule has 0 atom stereocenters. The van der Waals surface area contributed by atoms with E-state index in [1.165, 1.54) is 0 Å². The second-order valence-corrected chi connectivity index (χ2v) is 2.24. The van der Waals surface area contributed by atoms with Crippen molar-refractivity contribution in [1.82, 2.24) is 0 Å². The lowest BCUT2D eigenvalue weighted by Crippen LogP contribution is -1.48. The highest BCUT2D eigenvalue weighted by atomic mass is 32.2. The first kappa shape index (κ1) is 4.70. The normalized spacial score (nSPS) is 9.00.